The van der Waals surface area contributed by atoms with E-state index in [-0.39, 0.29) is 17.9 Å². The molecule has 10 heteroatoms. The number of rotatable bonds is 12. The fourth-order valence-electron chi connectivity index (χ4n) is 3.46. The van der Waals surface area contributed by atoms with Crippen molar-refractivity contribution in [2.75, 3.05) is 80.0 Å². The van der Waals surface area contributed by atoms with Gasteiger partial charge in [0.05, 0.1) is 80.0 Å². The van der Waals surface area contributed by atoms with E-state index < -0.39 is 13.3 Å². The first kappa shape index (κ1) is 46.9. The molecular formula is C35H66BN3O6. The number of esters is 1. The first-order chi connectivity index (χ1) is 21.0. The standard InChI is InChI=1S/C14H12O3.3C7H18N.BO3/c15-13-9-5-4-8-12(13)14(16)17-10-11-6-2-1-3-7-11;3*1-5-8(4,6-2)7-3;2-1(3)4/h1-9,15H,10H2;3*5-7H2,1-4H3;/q;3*+1;-3. The van der Waals surface area contributed by atoms with Gasteiger partial charge < -0.3 is 38.4 Å². The van der Waals surface area contributed by atoms with Crippen LogP contribution in [0.25, 0.3) is 0 Å². The zero-order valence-electron chi connectivity index (χ0n) is 30.7. The van der Waals surface area contributed by atoms with Gasteiger partial charge in [0, 0.05) is 0 Å². The fraction of sp³-hybridized carbons (Fsp3) is 0.629. The maximum Gasteiger partial charge on any atom is 0.342 e. The summed E-state index contributed by atoms with van der Waals surface area (Å²) < 4.78 is 8.72. The molecule has 0 aromatic heterocycles. The number of para-hydroxylation sites is 1. The van der Waals surface area contributed by atoms with Crippen LogP contribution in [0.4, 0.5) is 0 Å². The third-order valence-corrected chi connectivity index (χ3v) is 9.21. The van der Waals surface area contributed by atoms with Gasteiger partial charge in [0.2, 0.25) is 0 Å². The van der Waals surface area contributed by atoms with Gasteiger partial charge in [-0.15, -0.1) is 0 Å². The molecule has 0 saturated heterocycles. The number of carbonyl (C=O) groups excluding carboxylic acids is 1. The summed E-state index contributed by atoms with van der Waals surface area (Å²) in [6.07, 6.45) is 0. The summed E-state index contributed by atoms with van der Waals surface area (Å²) in [5.74, 6) is -0.586. The molecule has 2 aromatic carbocycles. The van der Waals surface area contributed by atoms with Crippen LogP contribution in [0.1, 0.15) is 78.2 Å². The second kappa shape index (κ2) is 26.7. The molecule has 0 aliphatic heterocycles. The summed E-state index contributed by atoms with van der Waals surface area (Å²) in [7, 11) is 3.96. The minimum atomic E-state index is -2.92. The summed E-state index contributed by atoms with van der Waals surface area (Å²) in [5, 5.41) is 34.7. The average Bonchev–Trinajstić information content (AvgIpc) is 3.07. The average molecular weight is 636 g/mol. The molecule has 1 N–H and O–H groups in total. The lowest BCUT2D eigenvalue weighted by Gasteiger charge is -2.35. The van der Waals surface area contributed by atoms with Crippen LogP contribution in [0.15, 0.2) is 54.6 Å². The van der Waals surface area contributed by atoms with Crippen LogP contribution < -0.4 is 15.1 Å². The monoisotopic (exact) mass is 636 g/mol. The van der Waals surface area contributed by atoms with Crippen molar-refractivity contribution in [3.05, 3.63) is 65.7 Å². The number of ether oxygens (including phenoxy) is 1. The summed E-state index contributed by atoms with van der Waals surface area (Å²) in [5.41, 5.74) is 1.10. The van der Waals surface area contributed by atoms with E-state index in [9.17, 15) is 9.90 Å². The minimum Gasteiger partial charge on any atom is -0.907 e. The molecule has 0 atom stereocenters. The Morgan fingerprint density at radius 1 is 0.600 bits per heavy atom. The zero-order chi connectivity index (χ0) is 35.5. The van der Waals surface area contributed by atoms with Crippen molar-refractivity contribution >= 4 is 13.3 Å². The summed E-state index contributed by atoms with van der Waals surface area (Å²) in [6, 6.07) is 15.7. The Kier molecular flexibility index (Phi) is 27.9. The highest BCUT2D eigenvalue weighted by molar-refractivity contribution is 6.24. The number of nitrogens with zero attached hydrogens (tertiary/aromatic N) is 3. The second-order valence-corrected chi connectivity index (χ2v) is 11.6. The van der Waals surface area contributed by atoms with Crippen molar-refractivity contribution in [2.45, 2.75) is 68.9 Å². The molecule has 0 aliphatic rings. The highest BCUT2D eigenvalue weighted by Gasteiger charge is 2.13. The summed E-state index contributed by atoms with van der Waals surface area (Å²) in [6.45, 7) is 31.7. The molecule has 0 amide bonds. The van der Waals surface area contributed by atoms with E-state index in [2.05, 4.69) is 83.5 Å². The molecule has 2 aromatic rings. The van der Waals surface area contributed by atoms with Gasteiger partial charge in [-0.1, -0.05) is 42.5 Å². The van der Waals surface area contributed by atoms with E-state index >= 15 is 0 Å². The molecule has 0 aliphatic carbocycles. The Labute approximate surface area is 276 Å². The van der Waals surface area contributed by atoms with Crippen LogP contribution in [0.5, 0.6) is 5.75 Å². The van der Waals surface area contributed by atoms with Gasteiger partial charge in [-0.05, 0) is 80.0 Å². The van der Waals surface area contributed by atoms with Crippen molar-refractivity contribution in [2.24, 2.45) is 0 Å². The lowest BCUT2D eigenvalue weighted by atomic mass is 10.2. The van der Waals surface area contributed by atoms with Gasteiger partial charge in [0.15, 0.2) is 0 Å². The number of carbonyl (C=O) groups is 1. The van der Waals surface area contributed by atoms with Crippen LogP contribution in [-0.4, -0.2) is 112 Å². The Hall–Kier alpha value is -2.47. The number of phenolic OH excluding ortho intramolecular Hbond substituents is 1. The highest BCUT2D eigenvalue weighted by atomic mass is 16.5. The Morgan fingerprint density at radius 3 is 1.16 bits per heavy atom. The molecule has 0 radical (unpaired) electrons. The van der Waals surface area contributed by atoms with Crippen molar-refractivity contribution in [1.29, 1.82) is 0 Å². The molecule has 0 saturated carbocycles. The molecular weight excluding hydrogens is 569 g/mol. The number of hydrogen-bond acceptors (Lipinski definition) is 6. The first-order valence-electron chi connectivity index (χ1n) is 16.5. The number of quaternary nitrogens is 3. The Bertz CT molecular complexity index is 897. The molecule has 0 spiro atoms. The molecule has 2 rings (SSSR count). The normalized spacial score (nSPS) is 10.7. The lowest BCUT2D eigenvalue weighted by molar-refractivity contribution is -0.904. The van der Waals surface area contributed by atoms with Crippen LogP contribution in [0.2, 0.25) is 0 Å². The first-order valence-corrected chi connectivity index (χ1v) is 16.5. The maximum absolute atomic E-state index is 11.7. The molecule has 0 bridgehead atoms. The van der Waals surface area contributed by atoms with Crippen molar-refractivity contribution in [3.8, 4) is 5.75 Å². The van der Waals surface area contributed by atoms with E-state index in [1.54, 1.807) is 12.1 Å². The van der Waals surface area contributed by atoms with E-state index in [0.717, 1.165) is 5.56 Å². The van der Waals surface area contributed by atoms with Gasteiger partial charge in [0.1, 0.15) is 17.9 Å². The SMILES string of the molecule is CC[N+](C)(CC)CC.CC[N+](C)(CC)CC.CC[N+](C)(CC)CC.O=C(OCc1ccccc1)c1ccccc1O.[O-]B([O-])[O-]. The molecule has 0 fully saturated rings. The quantitative estimate of drug-likeness (QED) is 0.218. The summed E-state index contributed by atoms with van der Waals surface area (Å²) in [4.78, 5) is 11.7. The van der Waals surface area contributed by atoms with Crippen molar-refractivity contribution < 1.29 is 43.2 Å². The molecule has 9 nitrogen and oxygen atoms in total. The highest BCUT2D eigenvalue weighted by Crippen LogP contribution is 2.17. The third kappa shape index (κ3) is 23.5. The smallest absolute Gasteiger partial charge is 0.342 e. The van der Waals surface area contributed by atoms with Crippen LogP contribution in [0, 0.1) is 0 Å². The molecule has 0 heterocycles. The molecule has 0 unspecified atom stereocenters. The number of benzene rings is 2. The lowest BCUT2D eigenvalue weighted by Crippen LogP contribution is -2.56. The van der Waals surface area contributed by atoms with Crippen LogP contribution >= 0.6 is 0 Å². The van der Waals surface area contributed by atoms with Crippen LogP contribution in [0.3, 0.4) is 0 Å². The Morgan fingerprint density at radius 2 is 0.889 bits per heavy atom. The van der Waals surface area contributed by atoms with E-state index in [0.29, 0.717) is 0 Å². The Balaban J connectivity index is -0.000000539. The van der Waals surface area contributed by atoms with Crippen molar-refractivity contribution in [1.82, 2.24) is 0 Å². The predicted molar refractivity (Wildman–Crippen MR) is 183 cm³/mol. The van der Waals surface area contributed by atoms with Crippen molar-refractivity contribution in [3.63, 3.8) is 0 Å². The maximum atomic E-state index is 11.7. The van der Waals surface area contributed by atoms with Gasteiger partial charge in [0.25, 0.3) is 0 Å². The van der Waals surface area contributed by atoms with Gasteiger partial charge >= 0.3 is 5.97 Å². The van der Waals surface area contributed by atoms with Gasteiger partial charge in [-0.3, -0.25) is 7.32 Å². The molecule has 45 heavy (non-hydrogen) atoms. The summed E-state index contributed by atoms with van der Waals surface area (Å²) >= 11 is 0. The van der Waals surface area contributed by atoms with Crippen LogP contribution in [-0.2, 0) is 11.3 Å². The third-order valence-electron chi connectivity index (χ3n) is 9.21. The number of phenols is 1. The second-order valence-electron chi connectivity index (χ2n) is 11.6. The largest absolute Gasteiger partial charge is 0.907 e. The van der Waals surface area contributed by atoms with E-state index in [4.69, 9.17) is 19.8 Å². The number of hydrogen-bond donors (Lipinski definition) is 1. The zero-order valence-corrected chi connectivity index (χ0v) is 30.7. The topological polar surface area (TPSA) is 116 Å². The van der Waals surface area contributed by atoms with Gasteiger partial charge in [-0.25, -0.2) is 4.79 Å². The van der Waals surface area contributed by atoms with E-state index in [1.165, 1.54) is 84.5 Å². The predicted octanol–water partition coefficient (Wildman–Crippen LogP) is 3.28. The number of aromatic hydroxyl groups is 1. The van der Waals surface area contributed by atoms with Gasteiger partial charge in [-0.2, -0.15) is 0 Å². The fourth-order valence-corrected chi connectivity index (χ4v) is 3.46. The van der Waals surface area contributed by atoms with E-state index in [1.807, 2.05) is 30.3 Å². The minimum absolute atomic E-state index is 0.0643. The molecule has 260 valence electrons.